The van der Waals surface area contributed by atoms with Crippen LogP contribution >= 0.6 is 15.9 Å². The van der Waals surface area contributed by atoms with Crippen molar-refractivity contribution in [2.75, 3.05) is 12.4 Å². The Morgan fingerprint density at radius 2 is 2.04 bits per heavy atom. The fourth-order valence-corrected chi connectivity index (χ4v) is 3.14. The van der Waals surface area contributed by atoms with Crippen LogP contribution in [-0.4, -0.2) is 27.3 Å². The maximum absolute atomic E-state index is 5.34. The number of tetrazole rings is 1. The lowest BCUT2D eigenvalue weighted by molar-refractivity contribution is 0.413. The fourth-order valence-electron chi connectivity index (χ4n) is 2.74. The molecule has 0 saturated heterocycles. The number of aromatic nitrogens is 4. The van der Waals surface area contributed by atoms with Crippen molar-refractivity contribution < 1.29 is 4.74 Å². The summed E-state index contributed by atoms with van der Waals surface area (Å²) < 4.78 is 8.12. The summed E-state index contributed by atoms with van der Waals surface area (Å²) in [5, 5.41) is 15.3. The van der Waals surface area contributed by atoms with Gasteiger partial charge in [-0.15, -0.1) is 0 Å². The van der Waals surface area contributed by atoms with Crippen molar-refractivity contribution in [3.8, 4) is 5.75 Å². The van der Waals surface area contributed by atoms with Crippen LogP contribution in [0.5, 0.6) is 5.75 Å². The molecule has 120 valence electrons. The van der Waals surface area contributed by atoms with Crippen LogP contribution in [0.25, 0.3) is 5.70 Å². The van der Waals surface area contributed by atoms with E-state index >= 15 is 0 Å². The lowest BCUT2D eigenvalue weighted by atomic mass is 10.0. The average Bonchev–Trinajstić information content (AvgIpc) is 3.09. The van der Waals surface area contributed by atoms with Gasteiger partial charge in [0, 0.05) is 10.2 Å². The predicted octanol–water partition coefficient (Wildman–Crippen LogP) is 3.50. The minimum atomic E-state index is -0.111. The Morgan fingerprint density at radius 3 is 2.88 bits per heavy atom. The van der Waals surface area contributed by atoms with E-state index in [-0.39, 0.29) is 6.04 Å². The first-order chi connectivity index (χ1) is 11.7. The van der Waals surface area contributed by atoms with Crippen molar-refractivity contribution in [2.24, 2.45) is 0 Å². The number of nitrogens with one attached hydrogen (secondary N) is 1. The molecule has 1 N–H and O–H groups in total. The molecule has 0 bridgehead atoms. The number of methoxy groups -OCH3 is 1. The Balaban J connectivity index is 1.82. The third-order valence-corrected chi connectivity index (χ3v) is 4.39. The number of nitrogens with zero attached hydrogens (tertiary/aromatic N) is 4. The molecule has 4 rings (SSSR count). The minimum Gasteiger partial charge on any atom is -0.497 e. The molecule has 7 heteroatoms. The highest BCUT2D eigenvalue weighted by atomic mass is 79.9. The first kappa shape index (κ1) is 14.9. The van der Waals surface area contributed by atoms with Crippen molar-refractivity contribution in [1.29, 1.82) is 0 Å². The largest absolute Gasteiger partial charge is 0.497 e. The van der Waals surface area contributed by atoms with E-state index in [9.17, 15) is 0 Å². The van der Waals surface area contributed by atoms with Gasteiger partial charge in [0.15, 0.2) is 0 Å². The van der Waals surface area contributed by atoms with E-state index < -0.39 is 0 Å². The van der Waals surface area contributed by atoms with Crippen LogP contribution in [0.1, 0.15) is 17.2 Å². The number of fused-ring (bicyclic) bond motifs is 1. The molecule has 2 heterocycles. The average molecular weight is 384 g/mol. The second-order valence-electron chi connectivity index (χ2n) is 5.38. The molecule has 3 aromatic rings. The van der Waals surface area contributed by atoms with Crippen LogP contribution in [-0.2, 0) is 0 Å². The van der Waals surface area contributed by atoms with E-state index in [2.05, 4.69) is 48.9 Å². The molecule has 0 fully saturated rings. The van der Waals surface area contributed by atoms with Crippen molar-refractivity contribution in [3.05, 3.63) is 70.2 Å². The maximum Gasteiger partial charge on any atom is 0.248 e. The van der Waals surface area contributed by atoms with Crippen LogP contribution in [0, 0.1) is 0 Å². The van der Waals surface area contributed by atoms with E-state index in [0.29, 0.717) is 5.95 Å². The molecule has 1 aromatic heterocycles. The lowest BCUT2D eigenvalue weighted by Gasteiger charge is -2.23. The number of allylic oxidation sites excluding steroid dienone is 1. The molecule has 0 aliphatic carbocycles. The smallest absolute Gasteiger partial charge is 0.248 e. The van der Waals surface area contributed by atoms with Gasteiger partial charge >= 0.3 is 0 Å². The Kier molecular flexibility index (Phi) is 3.78. The Hall–Kier alpha value is -2.67. The highest BCUT2D eigenvalue weighted by molar-refractivity contribution is 9.10. The molecule has 0 spiro atoms. The highest BCUT2D eigenvalue weighted by Gasteiger charge is 2.24. The lowest BCUT2D eigenvalue weighted by Crippen LogP contribution is -2.20. The second-order valence-corrected chi connectivity index (χ2v) is 6.30. The van der Waals surface area contributed by atoms with E-state index in [0.717, 1.165) is 27.0 Å². The topological polar surface area (TPSA) is 64.9 Å². The van der Waals surface area contributed by atoms with Gasteiger partial charge in [0.05, 0.1) is 7.11 Å². The Labute approximate surface area is 147 Å². The molecule has 1 atom stereocenters. The molecule has 1 unspecified atom stereocenters. The zero-order valence-electron chi connectivity index (χ0n) is 12.8. The monoisotopic (exact) mass is 383 g/mol. The standard InChI is InChI=1S/C17H14BrN5O/c1-24-14-7-3-5-12(9-14)16-10-15(11-4-2-6-13(18)8-11)19-17-20-21-22-23(16)17/h2-10,16H,1H3,(H,19,20,22). The van der Waals surface area contributed by atoms with Crippen molar-refractivity contribution in [3.63, 3.8) is 0 Å². The molecule has 1 aliphatic heterocycles. The van der Waals surface area contributed by atoms with Gasteiger partial charge in [-0.3, -0.25) is 0 Å². The van der Waals surface area contributed by atoms with Crippen molar-refractivity contribution in [1.82, 2.24) is 20.2 Å². The van der Waals surface area contributed by atoms with Gasteiger partial charge in [-0.1, -0.05) is 45.3 Å². The van der Waals surface area contributed by atoms with E-state index in [1.807, 2.05) is 42.5 Å². The molecule has 0 amide bonds. The third kappa shape index (κ3) is 2.67. The van der Waals surface area contributed by atoms with Crippen LogP contribution < -0.4 is 10.1 Å². The van der Waals surface area contributed by atoms with Gasteiger partial charge in [0.25, 0.3) is 0 Å². The SMILES string of the molecule is COc1cccc(C2C=C(c3cccc(Br)c3)Nc3nnnn32)c1. The summed E-state index contributed by atoms with van der Waals surface area (Å²) in [5.74, 6) is 1.42. The molecule has 2 aromatic carbocycles. The zero-order valence-corrected chi connectivity index (χ0v) is 14.4. The van der Waals surface area contributed by atoms with Crippen molar-refractivity contribution >= 4 is 27.6 Å². The molecular formula is C17H14BrN5O. The maximum atomic E-state index is 5.34. The van der Waals surface area contributed by atoms with E-state index in [1.165, 1.54) is 0 Å². The predicted molar refractivity (Wildman–Crippen MR) is 94.7 cm³/mol. The highest BCUT2D eigenvalue weighted by Crippen LogP contribution is 2.33. The zero-order chi connectivity index (χ0) is 16.5. The summed E-state index contributed by atoms with van der Waals surface area (Å²) in [6.07, 6.45) is 2.11. The Morgan fingerprint density at radius 1 is 1.17 bits per heavy atom. The Bertz CT molecular complexity index is 921. The van der Waals surface area contributed by atoms with Gasteiger partial charge in [0.2, 0.25) is 5.95 Å². The van der Waals surface area contributed by atoms with Crippen LogP contribution in [0.15, 0.2) is 59.1 Å². The number of halogens is 1. The van der Waals surface area contributed by atoms with Crippen LogP contribution in [0.2, 0.25) is 0 Å². The third-order valence-electron chi connectivity index (χ3n) is 3.90. The number of anilines is 1. The van der Waals surface area contributed by atoms with Gasteiger partial charge in [-0.05, 0) is 51.9 Å². The summed E-state index contributed by atoms with van der Waals surface area (Å²) in [7, 11) is 1.66. The fraction of sp³-hybridized carbons (Fsp3) is 0.118. The van der Waals surface area contributed by atoms with E-state index in [1.54, 1.807) is 11.8 Å². The number of rotatable bonds is 3. The molecule has 0 saturated carbocycles. The van der Waals surface area contributed by atoms with Crippen LogP contribution in [0.3, 0.4) is 0 Å². The molecule has 6 nitrogen and oxygen atoms in total. The summed E-state index contributed by atoms with van der Waals surface area (Å²) in [6.45, 7) is 0. The molecule has 1 aliphatic rings. The molecular weight excluding hydrogens is 370 g/mol. The summed E-state index contributed by atoms with van der Waals surface area (Å²) in [5.41, 5.74) is 3.08. The minimum absolute atomic E-state index is 0.111. The first-order valence-electron chi connectivity index (χ1n) is 7.41. The summed E-state index contributed by atoms with van der Waals surface area (Å²) >= 11 is 3.51. The molecule has 24 heavy (non-hydrogen) atoms. The van der Waals surface area contributed by atoms with Crippen LogP contribution in [0.4, 0.5) is 5.95 Å². The normalized spacial score (nSPS) is 16.1. The summed E-state index contributed by atoms with van der Waals surface area (Å²) in [4.78, 5) is 0. The second kappa shape index (κ2) is 6.09. The van der Waals surface area contributed by atoms with Gasteiger partial charge in [0.1, 0.15) is 11.8 Å². The number of benzene rings is 2. The van der Waals surface area contributed by atoms with Crippen molar-refractivity contribution in [2.45, 2.75) is 6.04 Å². The van der Waals surface area contributed by atoms with E-state index in [4.69, 9.17) is 4.74 Å². The summed E-state index contributed by atoms with van der Waals surface area (Å²) in [6, 6.07) is 15.9. The quantitative estimate of drug-likeness (QED) is 0.749. The number of hydrogen-bond acceptors (Lipinski definition) is 5. The number of ether oxygens (including phenoxy) is 1. The molecule has 0 radical (unpaired) electrons. The van der Waals surface area contributed by atoms with Gasteiger partial charge < -0.3 is 10.1 Å². The van der Waals surface area contributed by atoms with Gasteiger partial charge in [-0.2, -0.15) is 4.68 Å². The van der Waals surface area contributed by atoms with Gasteiger partial charge in [-0.25, -0.2) is 0 Å². The first-order valence-corrected chi connectivity index (χ1v) is 8.20. The number of hydrogen-bond donors (Lipinski definition) is 1.